The standard InChI is InChI=1S/C20H20N4O2/c1-2-14-7-9-15(10-8-14)13-21-24-19(25)12-11-18-20(26)23-17-6-4-3-5-16(17)22-18/h3-10,13H,2,11-12H2,1H3,(H,23,26)(H,24,25)/b21-13+. The van der Waals surface area contributed by atoms with Crippen LogP contribution in [0.5, 0.6) is 0 Å². The van der Waals surface area contributed by atoms with Gasteiger partial charge in [0.2, 0.25) is 5.91 Å². The molecule has 1 amide bonds. The molecule has 2 N–H and O–H groups in total. The number of carbonyl (C=O) groups excluding carboxylic acids is 1. The van der Waals surface area contributed by atoms with Crippen molar-refractivity contribution in [1.82, 2.24) is 15.4 Å². The third kappa shape index (κ3) is 4.42. The van der Waals surface area contributed by atoms with Crippen LogP contribution in [0, 0.1) is 0 Å². The molecule has 0 aliphatic heterocycles. The molecule has 0 fully saturated rings. The first-order chi connectivity index (χ1) is 12.7. The number of benzene rings is 2. The van der Waals surface area contributed by atoms with Crippen molar-refractivity contribution < 1.29 is 4.79 Å². The van der Waals surface area contributed by atoms with E-state index in [4.69, 9.17) is 0 Å². The number of hydrazone groups is 1. The van der Waals surface area contributed by atoms with Gasteiger partial charge in [0.25, 0.3) is 5.56 Å². The Balaban J connectivity index is 1.56. The van der Waals surface area contributed by atoms with Crippen molar-refractivity contribution in [1.29, 1.82) is 0 Å². The normalized spacial score (nSPS) is 11.1. The first-order valence-electron chi connectivity index (χ1n) is 8.54. The molecule has 0 aliphatic carbocycles. The second kappa shape index (κ2) is 8.20. The highest BCUT2D eigenvalue weighted by Gasteiger charge is 2.07. The highest BCUT2D eigenvalue weighted by molar-refractivity contribution is 5.82. The Kier molecular flexibility index (Phi) is 5.53. The predicted molar refractivity (Wildman–Crippen MR) is 102 cm³/mol. The van der Waals surface area contributed by atoms with Gasteiger partial charge in [0, 0.05) is 12.8 Å². The Bertz CT molecular complexity index is 991. The van der Waals surface area contributed by atoms with Crippen molar-refractivity contribution in [2.75, 3.05) is 0 Å². The SMILES string of the molecule is CCc1ccc(/C=N/NC(=O)CCc2nc3ccccc3[nH]c2=O)cc1. The Morgan fingerprint density at radius 1 is 1.19 bits per heavy atom. The van der Waals surface area contributed by atoms with Crippen molar-refractivity contribution in [2.24, 2.45) is 5.10 Å². The van der Waals surface area contributed by atoms with E-state index in [0.29, 0.717) is 16.7 Å². The van der Waals surface area contributed by atoms with Crippen molar-refractivity contribution in [3.8, 4) is 0 Å². The number of amides is 1. The number of fused-ring (bicyclic) bond motifs is 1. The van der Waals surface area contributed by atoms with Crippen LogP contribution in [0.3, 0.4) is 0 Å². The molecule has 0 aliphatic rings. The van der Waals surface area contributed by atoms with E-state index in [-0.39, 0.29) is 24.3 Å². The van der Waals surface area contributed by atoms with Gasteiger partial charge in [-0.2, -0.15) is 5.10 Å². The van der Waals surface area contributed by atoms with Gasteiger partial charge in [-0.1, -0.05) is 43.3 Å². The van der Waals surface area contributed by atoms with E-state index in [9.17, 15) is 9.59 Å². The van der Waals surface area contributed by atoms with Crippen molar-refractivity contribution in [2.45, 2.75) is 26.2 Å². The Morgan fingerprint density at radius 3 is 2.73 bits per heavy atom. The zero-order chi connectivity index (χ0) is 18.4. The molecule has 0 spiro atoms. The van der Waals surface area contributed by atoms with Crippen LogP contribution in [0.25, 0.3) is 11.0 Å². The predicted octanol–water partition coefficient (Wildman–Crippen LogP) is 2.57. The van der Waals surface area contributed by atoms with E-state index < -0.39 is 0 Å². The molecule has 3 rings (SSSR count). The number of carbonyl (C=O) groups is 1. The lowest BCUT2D eigenvalue weighted by atomic mass is 10.1. The number of aromatic amines is 1. The van der Waals surface area contributed by atoms with Gasteiger partial charge in [-0.25, -0.2) is 10.4 Å². The second-order valence-corrected chi connectivity index (χ2v) is 5.92. The van der Waals surface area contributed by atoms with Crippen molar-refractivity contribution in [3.05, 3.63) is 75.7 Å². The van der Waals surface area contributed by atoms with E-state index in [1.165, 1.54) is 5.56 Å². The van der Waals surface area contributed by atoms with Gasteiger partial charge in [0.15, 0.2) is 0 Å². The molecule has 1 heterocycles. The highest BCUT2D eigenvalue weighted by atomic mass is 16.2. The molecule has 0 saturated carbocycles. The van der Waals surface area contributed by atoms with Crippen molar-refractivity contribution >= 4 is 23.2 Å². The number of nitrogens with one attached hydrogen (secondary N) is 2. The molecule has 132 valence electrons. The van der Waals surface area contributed by atoms with Crippen LogP contribution < -0.4 is 11.0 Å². The summed E-state index contributed by atoms with van der Waals surface area (Å²) in [7, 11) is 0. The lowest BCUT2D eigenvalue weighted by Gasteiger charge is -2.02. The number of para-hydroxylation sites is 2. The molecule has 0 bridgehead atoms. The van der Waals surface area contributed by atoms with Crippen LogP contribution in [0.4, 0.5) is 0 Å². The maximum absolute atomic E-state index is 12.0. The van der Waals surface area contributed by atoms with Gasteiger partial charge in [0.1, 0.15) is 5.69 Å². The molecule has 6 nitrogen and oxygen atoms in total. The van der Waals surface area contributed by atoms with Crippen LogP contribution in [-0.2, 0) is 17.6 Å². The molecular formula is C20H20N4O2. The fourth-order valence-electron chi connectivity index (χ4n) is 2.54. The van der Waals surface area contributed by atoms with Gasteiger partial charge >= 0.3 is 0 Å². The topological polar surface area (TPSA) is 87.2 Å². The zero-order valence-corrected chi connectivity index (χ0v) is 14.5. The highest BCUT2D eigenvalue weighted by Crippen LogP contribution is 2.07. The molecule has 1 aromatic heterocycles. The van der Waals surface area contributed by atoms with E-state index in [1.807, 2.05) is 42.5 Å². The molecule has 0 saturated heterocycles. The average Bonchev–Trinajstić information content (AvgIpc) is 2.67. The summed E-state index contributed by atoms with van der Waals surface area (Å²) in [5, 5.41) is 3.95. The number of hydrogen-bond donors (Lipinski definition) is 2. The zero-order valence-electron chi connectivity index (χ0n) is 14.5. The number of H-pyrrole nitrogens is 1. The Morgan fingerprint density at radius 2 is 1.96 bits per heavy atom. The molecule has 2 aromatic carbocycles. The largest absolute Gasteiger partial charge is 0.319 e. The third-order valence-corrected chi connectivity index (χ3v) is 4.05. The van der Waals surface area contributed by atoms with Crippen LogP contribution in [-0.4, -0.2) is 22.1 Å². The summed E-state index contributed by atoms with van der Waals surface area (Å²) in [5.41, 5.74) is 6.11. The van der Waals surface area contributed by atoms with Gasteiger partial charge in [-0.3, -0.25) is 9.59 Å². The minimum atomic E-state index is -0.268. The summed E-state index contributed by atoms with van der Waals surface area (Å²) < 4.78 is 0. The monoisotopic (exact) mass is 348 g/mol. The molecule has 0 unspecified atom stereocenters. The third-order valence-electron chi connectivity index (χ3n) is 4.05. The van der Waals surface area contributed by atoms with E-state index in [2.05, 4.69) is 27.4 Å². The van der Waals surface area contributed by atoms with Crippen LogP contribution in [0.2, 0.25) is 0 Å². The summed E-state index contributed by atoms with van der Waals surface area (Å²) in [6, 6.07) is 15.3. The second-order valence-electron chi connectivity index (χ2n) is 5.92. The van der Waals surface area contributed by atoms with E-state index >= 15 is 0 Å². The van der Waals surface area contributed by atoms with Crippen LogP contribution in [0.15, 0.2) is 58.4 Å². The van der Waals surface area contributed by atoms with Gasteiger partial charge in [0.05, 0.1) is 17.2 Å². The summed E-state index contributed by atoms with van der Waals surface area (Å²) in [5.74, 6) is -0.263. The quantitative estimate of drug-likeness (QED) is 0.530. The summed E-state index contributed by atoms with van der Waals surface area (Å²) in [6.07, 6.45) is 2.97. The molecular weight excluding hydrogens is 328 g/mol. The van der Waals surface area contributed by atoms with Crippen LogP contribution >= 0.6 is 0 Å². The summed E-state index contributed by atoms with van der Waals surface area (Å²) in [4.78, 5) is 31.0. The number of hydrogen-bond acceptors (Lipinski definition) is 4. The fourth-order valence-corrected chi connectivity index (χ4v) is 2.54. The molecule has 3 aromatic rings. The number of aryl methyl sites for hydroxylation is 2. The maximum atomic E-state index is 12.0. The Labute approximate surface area is 151 Å². The Hall–Kier alpha value is -3.28. The van der Waals surface area contributed by atoms with Crippen LogP contribution in [0.1, 0.15) is 30.2 Å². The van der Waals surface area contributed by atoms with Gasteiger partial charge in [-0.15, -0.1) is 0 Å². The average molecular weight is 348 g/mol. The van der Waals surface area contributed by atoms with Gasteiger partial charge < -0.3 is 4.98 Å². The van der Waals surface area contributed by atoms with Crippen molar-refractivity contribution in [3.63, 3.8) is 0 Å². The molecule has 6 heteroatoms. The lowest BCUT2D eigenvalue weighted by Crippen LogP contribution is -2.21. The maximum Gasteiger partial charge on any atom is 0.270 e. The summed E-state index contributed by atoms with van der Waals surface area (Å²) in [6.45, 7) is 2.10. The fraction of sp³-hybridized carbons (Fsp3) is 0.200. The van der Waals surface area contributed by atoms with Gasteiger partial charge in [-0.05, 0) is 29.7 Å². The van der Waals surface area contributed by atoms with E-state index in [0.717, 1.165) is 12.0 Å². The first-order valence-corrected chi connectivity index (χ1v) is 8.54. The van der Waals surface area contributed by atoms with E-state index in [1.54, 1.807) is 12.3 Å². The number of nitrogens with zero attached hydrogens (tertiary/aromatic N) is 2. The minimum Gasteiger partial charge on any atom is -0.319 e. The molecule has 0 radical (unpaired) electrons. The smallest absolute Gasteiger partial charge is 0.270 e. The minimum absolute atomic E-state index is 0.139. The molecule has 0 atom stereocenters. The summed E-state index contributed by atoms with van der Waals surface area (Å²) >= 11 is 0. The molecule has 26 heavy (non-hydrogen) atoms. The first kappa shape index (κ1) is 17.5. The lowest BCUT2D eigenvalue weighted by molar-refractivity contribution is -0.121. The number of aromatic nitrogens is 2. The number of rotatable bonds is 6.